The van der Waals surface area contributed by atoms with Gasteiger partial charge in [0.15, 0.2) is 0 Å². The molecule has 1 atom stereocenters. The molecule has 3 heterocycles. The quantitative estimate of drug-likeness (QED) is 0.469. The Morgan fingerprint density at radius 2 is 1.85 bits per heavy atom. The molecule has 0 bridgehead atoms. The van der Waals surface area contributed by atoms with Crippen LogP contribution in [0.2, 0.25) is 0 Å². The first-order valence-corrected chi connectivity index (χ1v) is 12.2. The first kappa shape index (κ1) is 21.4. The lowest BCUT2D eigenvalue weighted by Crippen LogP contribution is -2.45. The fraction of sp³-hybridized carbons (Fsp3) is 0.200. The molecule has 0 radical (unpaired) electrons. The van der Waals surface area contributed by atoms with Crippen molar-refractivity contribution in [3.8, 4) is 11.3 Å². The van der Waals surface area contributed by atoms with Gasteiger partial charge in [-0.15, -0.1) is 0 Å². The maximum Gasteiger partial charge on any atom is 0.277 e. The molecule has 8 heteroatoms. The molecule has 1 amide bonds. The van der Waals surface area contributed by atoms with Crippen LogP contribution in [0.5, 0.6) is 0 Å². The SMILES string of the molecule is O=C(NCc1ccnc(-c2ccccc2)c1)[C@@H]1CCCN1S(=O)(=O)c1cc2ccccc2o1. The van der Waals surface area contributed by atoms with E-state index in [-0.39, 0.29) is 24.1 Å². The third-order valence-electron chi connectivity index (χ3n) is 5.83. The van der Waals surface area contributed by atoms with Crippen LogP contribution in [0, 0.1) is 0 Å². The number of amides is 1. The highest BCUT2D eigenvalue weighted by molar-refractivity contribution is 7.89. The second kappa shape index (κ2) is 8.80. The molecule has 1 N–H and O–H groups in total. The zero-order valence-electron chi connectivity index (χ0n) is 17.8. The summed E-state index contributed by atoms with van der Waals surface area (Å²) >= 11 is 0. The molecule has 1 aliphatic heterocycles. The van der Waals surface area contributed by atoms with Gasteiger partial charge in [-0.2, -0.15) is 4.31 Å². The first-order chi connectivity index (χ1) is 16.0. The third-order valence-corrected chi connectivity index (χ3v) is 7.60. The van der Waals surface area contributed by atoms with Gasteiger partial charge in [0, 0.05) is 36.3 Å². The van der Waals surface area contributed by atoms with Crippen LogP contribution in [0.3, 0.4) is 0 Å². The Bertz CT molecular complexity index is 1370. The lowest BCUT2D eigenvalue weighted by molar-refractivity contribution is -0.124. The van der Waals surface area contributed by atoms with Gasteiger partial charge in [-0.3, -0.25) is 9.78 Å². The van der Waals surface area contributed by atoms with E-state index in [4.69, 9.17) is 4.42 Å². The molecule has 2 aromatic heterocycles. The summed E-state index contributed by atoms with van der Waals surface area (Å²) in [6, 6.07) is 21.4. The van der Waals surface area contributed by atoms with Crippen LogP contribution >= 0.6 is 0 Å². The number of carbonyl (C=O) groups excluding carboxylic acids is 1. The van der Waals surface area contributed by atoms with Crippen molar-refractivity contribution in [2.75, 3.05) is 6.54 Å². The molecule has 0 aliphatic carbocycles. The van der Waals surface area contributed by atoms with E-state index in [2.05, 4.69) is 10.3 Å². The van der Waals surface area contributed by atoms with E-state index in [1.165, 1.54) is 10.4 Å². The van der Waals surface area contributed by atoms with Crippen molar-refractivity contribution in [1.29, 1.82) is 0 Å². The van der Waals surface area contributed by atoms with E-state index < -0.39 is 16.1 Å². The van der Waals surface area contributed by atoms with E-state index in [1.54, 1.807) is 24.4 Å². The van der Waals surface area contributed by atoms with Crippen molar-refractivity contribution in [1.82, 2.24) is 14.6 Å². The summed E-state index contributed by atoms with van der Waals surface area (Å²) in [7, 11) is -3.92. The Morgan fingerprint density at radius 1 is 1.06 bits per heavy atom. The number of para-hydroxylation sites is 1. The number of fused-ring (bicyclic) bond motifs is 1. The fourth-order valence-corrected chi connectivity index (χ4v) is 5.76. The number of rotatable bonds is 6. The lowest BCUT2D eigenvalue weighted by atomic mass is 10.1. The van der Waals surface area contributed by atoms with Crippen molar-refractivity contribution >= 4 is 26.9 Å². The van der Waals surface area contributed by atoms with Crippen molar-refractivity contribution < 1.29 is 17.6 Å². The Labute approximate surface area is 192 Å². The van der Waals surface area contributed by atoms with E-state index in [0.29, 0.717) is 23.8 Å². The van der Waals surface area contributed by atoms with Crippen LogP contribution in [0.4, 0.5) is 0 Å². The number of aromatic nitrogens is 1. The van der Waals surface area contributed by atoms with Crippen LogP contribution in [0.1, 0.15) is 18.4 Å². The Morgan fingerprint density at radius 3 is 2.67 bits per heavy atom. The Balaban J connectivity index is 1.30. The summed E-state index contributed by atoms with van der Waals surface area (Å²) < 4.78 is 33.3. The average Bonchev–Trinajstić information content (AvgIpc) is 3.52. The maximum absolute atomic E-state index is 13.2. The molecule has 1 saturated heterocycles. The van der Waals surface area contributed by atoms with Crippen LogP contribution in [0.15, 0.2) is 88.5 Å². The van der Waals surface area contributed by atoms with Crippen molar-refractivity contribution in [2.24, 2.45) is 0 Å². The number of pyridine rings is 1. The standard InChI is InChI=1S/C25H23N3O4S/c29-25(27-17-18-12-13-26-21(15-18)19-7-2-1-3-8-19)22-10-6-14-28(22)33(30,31)24-16-20-9-4-5-11-23(20)32-24/h1-5,7-9,11-13,15-16,22H,6,10,14,17H2,(H,27,29)/t22-/m0/s1. The zero-order chi connectivity index (χ0) is 22.8. The van der Waals surface area contributed by atoms with Gasteiger partial charge < -0.3 is 9.73 Å². The van der Waals surface area contributed by atoms with Crippen LogP contribution in [0.25, 0.3) is 22.2 Å². The molecule has 0 saturated carbocycles. The van der Waals surface area contributed by atoms with Gasteiger partial charge in [-0.25, -0.2) is 8.42 Å². The monoisotopic (exact) mass is 461 g/mol. The Hall–Kier alpha value is -3.49. The van der Waals surface area contributed by atoms with Gasteiger partial charge in [-0.1, -0.05) is 48.5 Å². The number of hydrogen-bond donors (Lipinski definition) is 1. The average molecular weight is 462 g/mol. The molecule has 4 aromatic rings. The number of furan rings is 1. The number of carbonyl (C=O) groups is 1. The normalized spacial score (nSPS) is 16.8. The minimum atomic E-state index is -3.92. The van der Waals surface area contributed by atoms with E-state index >= 15 is 0 Å². The molecule has 1 aliphatic rings. The van der Waals surface area contributed by atoms with Gasteiger partial charge in [0.1, 0.15) is 11.6 Å². The highest BCUT2D eigenvalue weighted by Crippen LogP contribution is 2.30. The maximum atomic E-state index is 13.2. The summed E-state index contributed by atoms with van der Waals surface area (Å²) in [5.41, 5.74) is 3.20. The molecule has 1 fully saturated rings. The summed E-state index contributed by atoms with van der Waals surface area (Å²) in [6.07, 6.45) is 2.79. The van der Waals surface area contributed by atoms with Gasteiger partial charge >= 0.3 is 0 Å². The summed E-state index contributed by atoms with van der Waals surface area (Å²) in [6.45, 7) is 0.571. The summed E-state index contributed by atoms with van der Waals surface area (Å²) in [4.78, 5) is 17.4. The van der Waals surface area contributed by atoms with E-state index in [9.17, 15) is 13.2 Å². The van der Waals surface area contributed by atoms with Crippen LogP contribution < -0.4 is 5.32 Å². The highest BCUT2D eigenvalue weighted by atomic mass is 32.2. The predicted molar refractivity (Wildman–Crippen MR) is 125 cm³/mol. The molecule has 5 rings (SSSR count). The largest absolute Gasteiger partial charge is 0.443 e. The van der Waals surface area contributed by atoms with Crippen molar-refractivity contribution in [2.45, 2.75) is 30.5 Å². The number of hydrogen-bond acceptors (Lipinski definition) is 5. The number of benzene rings is 2. The smallest absolute Gasteiger partial charge is 0.277 e. The molecule has 0 unspecified atom stereocenters. The van der Waals surface area contributed by atoms with Crippen molar-refractivity contribution in [3.05, 3.63) is 84.6 Å². The molecular formula is C25H23N3O4S. The predicted octanol–water partition coefficient (Wildman–Crippen LogP) is 3.96. The highest BCUT2D eigenvalue weighted by Gasteiger charge is 2.41. The zero-order valence-corrected chi connectivity index (χ0v) is 18.7. The topological polar surface area (TPSA) is 92.5 Å². The molecule has 0 spiro atoms. The fourth-order valence-electron chi connectivity index (χ4n) is 4.15. The molecule has 7 nitrogen and oxygen atoms in total. The minimum Gasteiger partial charge on any atom is -0.443 e. The lowest BCUT2D eigenvalue weighted by Gasteiger charge is -2.22. The number of nitrogens with zero attached hydrogens (tertiary/aromatic N) is 2. The first-order valence-electron chi connectivity index (χ1n) is 10.8. The van der Waals surface area contributed by atoms with Crippen LogP contribution in [-0.2, 0) is 21.4 Å². The second-order valence-corrected chi connectivity index (χ2v) is 9.83. The van der Waals surface area contributed by atoms with E-state index in [1.807, 2.05) is 48.5 Å². The van der Waals surface area contributed by atoms with E-state index in [0.717, 1.165) is 16.8 Å². The second-order valence-electron chi connectivity index (χ2n) is 8.01. The summed E-state index contributed by atoms with van der Waals surface area (Å²) in [5, 5.41) is 3.47. The molecular weight excluding hydrogens is 438 g/mol. The molecule has 33 heavy (non-hydrogen) atoms. The van der Waals surface area contributed by atoms with Gasteiger partial charge in [-0.05, 0) is 36.6 Å². The van der Waals surface area contributed by atoms with Gasteiger partial charge in [0.2, 0.25) is 11.0 Å². The number of nitrogens with one attached hydrogen (secondary N) is 1. The minimum absolute atomic E-state index is 0.134. The number of sulfonamides is 1. The Kier molecular flexibility index (Phi) is 5.70. The van der Waals surface area contributed by atoms with Gasteiger partial charge in [0.05, 0.1) is 5.69 Å². The summed E-state index contributed by atoms with van der Waals surface area (Å²) in [5.74, 6) is -0.315. The molecule has 2 aromatic carbocycles. The van der Waals surface area contributed by atoms with Crippen molar-refractivity contribution in [3.63, 3.8) is 0 Å². The third kappa shape index (κ3) is 4.27. The molecule has 168 valence electrons. The van der Waals surface area contributed by atoms with Gasteiger partial charge in [0.25, 0.3) is 10.0 Å². The van der Waals surface area contributed by atoms with Crippen LogP contribution in [-0.4, -0.2) is 36.2 Å².